The van der Waals surface area contributed by atoms with Crippen molar-refractivity contribution in [3.05, 3.63) is 52.0 Å². The van der Waals surface area contributed by atoms with Crippen LogP contribution in [-0.4, -0.2) is 4.98 Å². The molecule has 0 N–H and O–H groups in total. The second-order valence-electron chi connectivity index (χ2n) is 3.70. The van der Waals surface area contributed by atoms with Crippen molar-refractivity contribution in [3.63, 3.8) is 0 Å². The molecule has 0 aliphatic heterocycles. The first-order chi connectivity index (χ1) is 8.08. The lowest BCUT2D eigenvalue weighted by atomic mass is 10.2. The van der Waals surface area contributed by atoms with Crippen molar-refractivity contribution in [2.45, 2.75) is 13.8 Å². The summed E-state index contributed by atoms with van der Waals surface area (Å²) in [5.74, 6) is 0.439. The Kier molecular flexibility index (Phi) is 3.43. The molecule has 2 aromatic rings. The fraction of sp³-hybridized carbons (Fsp3) is 0.154. The van der Waals surface area contributed by atoms with E-state index < -0.39 is 5.82 Å². The van der Waals surface area contributed by atoms with Crippen LogP contribution in [0.15, 0.2) is 34.9 Å². The maximum Gasteiger partial charge on any atom is 0.166 e. The molecule has 1 aromatic heterocycles. The van der Waals surface area contributed by atoms with Crippen molar-refractivity contribution in [1.29, 1.82) is 0 Å². The summed E-state index contributed by atoms with van der Waals surface area (Å²) in [5, 5.41) is 0. The van der Waals surface area contributed by atoms with Crippen molar-refractivity contribution in [3.8, 4) is 11.5 Å². The Morgan fingerprint density at radius 3 is 2.65 bits per heavy atom. The van der Waals surface area contributed by atoms with Crippen LogP contribution in [-0.2, 0) is 0 Å². The van der Waals surface area contributed by atoms with Gasteiger partial charge in [0.2, 0.25) is 0 Å². The summed E-state index contributed by atoms with van der Waals surface area (Å²) in [6.45, 7) is 3.79. The topological polar surface area (TPSA) is 22.1 Å². The average molecular weight is 296 g/mol. The zero-order valence-electron chi connectivity index (χ0n) is 9.50. The number of rotatable bonds is 2. The zero-order chi connectivity index (χ0) is 12.4. The van der Waals surface area contributed by atoms with Crippen LogP contribution in [0.4, 0.5) is 4.39 Å². The molecule has 1 heterocycles. The van der Waals surface area contributed by atoms with Gasteiger partial charge in [0.1, 0.15) is 5.75 Å². The third kappa shape index (κ3) is 2.64. The minimum absolute atomic E-state index is 0.210. The zero-order valence-corrected chi connectivity index (χ0v) is 11.1. The highest BCUT2D eigenvalue weighted by molar-refractivity contribution is 9.10. The summed E-state index contributed by atoms with van der Waals surface area (Å²) < 4.78 is 19.8. The van der Waals surface area contributed by atoms with E-state index >= 15 is 0 Å². The van der Waals surface area contributed by atoms with E-state index in [4.69, 9.17) is 4.74 Å². The molecular weight excluding hydrogens is 285 g/mol. The first-order valence-corrected chi connectivity index (χ1v) is 5.92. The van der Waals surface area contributed by atoms with Crippen LogP contribution in [0, 0.1) is 19.7 Å². The van der Waals surface area contributed by atoms with Crippen LogP contribution < -0.4 is 4.74 Å². The molecule has 1 aromatic carbocycles. The third-order valence-electron chi connectivity index (χ3n) is 2.52. The Labute approximate surface area is 108 Å². The molecule has 2 rings (SSSR count). The predicted octanol–water partition coefficient (Wildman–Crippen LogP) is 4.39. The van der Waals surface area contributed by atoms with E-state index in [1.165, 1.54) is 6.07 Å². The van der Waals surface area contributed by atoms with Gasteiger partial charge >= 0.3 is 0 Å². The molecule has 0 saturated carbocycles. The van der Waals surface area contributed by atoms with Gasteiger partial charge in [-0.05, 0) is 38.1 Å². The molecule has 0 fully saturated rings. The Bertz CT molecular complexity index is 557. The van der Waals surface area contributed by atoms with Gasteiger partial charge in [-0.25, -0.2) is 4.39 Å². The number of hydrogen-bond donors (Lipinski definition) is 0. The van der Waals surface area contributed by atoms with Gasteiger partial charge < -0.3 is 4.74 Å². The van der Waals surface area contributed by atoms with Gasteiger partial charge in [0.05, 0.1) is 0 Å². The number of nitrogens with zero attached hydrogens (tertiary/aromatic N) is 1. The Balaban J connectivity index is 2.35. The van der Waals surface area contributed by atoms with Crippen LogP contribution >= 0.6 is 15.9 Å². The summed E-state index contributed by atoms with van der Waals surface area (Å²) in [6.07, 6.45) is 1.65. The maximum absolute atomic E-state index is 13.6. The smallest absolute Gasteiger partial charge is 0.166 e. The van der Waals surface area contributed by atoms with Gasteiger partial charge in [0, 0.05) is 21.9 Å². The van der Waals surface area contributed by atoms with Crippen LogP contribution in [0.1, 0.15) is 11.3 Å². The summed E-state index contributed by atoms with van der Waals surface area (Å²) >= 11 is 3.20. The normalized spacial score (nSPS) is 10.4. The standard InChI is InChI=1S/C13H11BrFNO/c1-8-9(2)16-6-5-12(8)17-13-4-3-10(14)7-11(13)15/h3-7H,1-2H3. The van der Waals surface area contributed by atoms with E-state index in [2.05, 4.69) is 20.9 Å². The summed E-state index contributed by atoms with van der Waals surface area (Å²) in [6, 6.07) is 6.43. The molecule has 0 saturated heterocycles. The van der Waals surface area contributed by atoms with Crippen LogP contribution in [0.2, 0.25) is 0 Å². The molecule has 0 aliphatic carbocycles. The minimum atomic E-state index is -0.395. The number of hydrogen-bond acceptors (Lipinski definition) is 2. The van der Waals surface area contributed by atoms with Gasteiger partial charge in [-0.1, -0.05) is 15.9 Å². The Hall–Kier alpha value is -1.42. The highest BCUT2D eigenvalue weighted by atomic mass is 79.9. The first kappa shape index (κ1) is 12.0. The van der Waals surface area contributed by atoms with Gasteiger partial charge in [-0.15, -0.1) is 0 Å². The fourth-order valence-corrected chi connectivity index (χ4v) is 1.74. The molecule has 2 nitrogen and oxygen atoms in total. The third-order valence-corrected chi connectivity index (χ3v) is 3.01. The number of pyridine rings is 1. The Morgan fingerprint density at radius 1 is 1.18 bits per heavy atom. The molecule has 0 radical (unpaired) electrons. The molecular formula is C13H11BrFNO. The van der Waals surface area contributed by atoms with E-state index in [0.29, 0.717) is 10.2 Å². The SMILES string of the molecule is Cc1nccc(Oc2ccc(Br)cc2F)c1C. The molecule has 0 atom stereocenters. The number of ether oxygens (including phenoxy) is 1. The van der Waals surface area contributed by atoms with Crippen LogP contribution in [0.3, 0.4) is 0 Å². The fourth-order valence-electron chi connectivity index (χ4n) is 1.40. The van der Waals surface area contributed by atoms with Crippen LogP contribution in [0.25, 0.3) is 0 Å². The molecule has 88 valence electrons. The van der Waals surface area contributed by atoms with E-state index in [-0.39, 0.29) is 5.75 Å². The molecule has 17 heavy (non-hydrogen) atoms. The predicted molar refractivity (Wildman–Crippen MR) is 67.9 cm³/mol. The van der Waals surface area contributed by atoms with Crippen molar-refractivity contribution < 1.29 is 9.13 Å². The quantitative estimate of drug-likeness (QED) is 0.820. The number of benzene rings is 1. The first-order valence-electron chi connectivity index (χ1n) is 5.13. The monoisotopic (exact) mass is 295 g/mol. The molecule has 0 amide bonds. The van der Waals surface area contributed by atoms with E-state index in [9.17, 15) is 4.39 Å². The molecule has 0 unspecified atom stereocenters. The lowest BCUT2D eigenvalue weighted by Crippen LogP contribution is -1.94. The summed E-state index contributed by atoms with van der Waals surface area (Å²) in [5.41, 5.74) is 1.79. The van der Waals surface area contributed by atoms with Gasteiger partial charge in [-0.2, -0.15) is 0 Å². The second kappa shape index (κ2) is 4.84. The van der Waals surface area contributed by atoms with Crippen molar-refractivity contribution in [2.24, 2.45) is 0 Å². The molecule has 0 bridgehead atoms. The summed E-state index contributed by atoms with van der Waals surface area (Å²) in [7, 11) is 0. The lowest BCUT2D eigenvalue weighted by molar-refractivity contribution is 0.438. The molecule has 0 spiro atoms. The van der Waals surface area contributed by atoms with Crippen LogP contribution in [0.5, 0.6) is 11.5 Å². The minimum Gasteiger partial charge on any atom is -0.454 e. The van der Waals surface area contributed by atoms with Crippen molar-refractivity contribution in [2.75, 3.05) is 0 Å². The Morgan fingerprint density at radius 2 is 1.94 bits per heavy atom. The van der Waals surface area contributed by atoms with E-state index in [1.807, 2.05) is 13.8 Å². The summed E-state index contributed by atoms with van der Waals surface area (Å²) in [4.78, 5) is 4.14. The van der Waals surface area contributed by atoms with Gasteiger partial charge in [0.15, 0.2) is 11.6 Å². The maximum atomic E-state index is 13.6. The largest absolute Gasteiger partial charge is 0.454 e. The number of halogens is 2. The van der Waals surface area contributed by atoms with E-state index in [0.717, 1.165) is 11.3 Å². The molecule has 0 aliphatic rings. The lowest BCUT2D eigenvalue weighted by Gasteiger charge is -2.10. The molecule has 4 heteroatoms. The average Bonchev–Trinajstić information content (AvgIpc) is 2.28. The van der Waals surface area contributed by atoms with Gasteiger partial charge in [0.25, 0.3) is 0 Å². The second-order valence-corrected chi connectivity index (χ2v) is 4.61. The number of aromatic nitrogens is 1. The number of aryl methyl sites for hydroxylation is 1. The van der Waals surface area contributed by atoms with Gasteiger partial charge in [-0.3, -0.25) is 4.98 Å². The van der Waals surface area contributed by atoms with E-state index in [1.54, 1.807) is 24.4 Å². The highest BCUT2D eigenvalue weighted by Crippen LogP contribution is 2.29. The van der Waals surface area contributed by atoms with Crippen molar-refractivity contribution in [1.82, 2.24) is 4.98 Å². The highest BCUT2D eigenvalue weighted by Gasteiger charge is 2.08. The van der Waals surface area contributed by atoms with Crippen molar-refractivity contribution >= 4 is 15.9 Å².